The molecule has 7 aliphatic rings. The summed E-state index contributed by atoms with van der Waals surface area (Å²) in [5.74, 6) is -17.0. The van der Waals surface area contributed by atoms with Crippen LogP contribution in [0.4, 0.5) is 0 Å². The van der Waals surface area contributed by atoms with Gasteiger partial charge in [-0.2, -0.15) is 0 Å². The van der Waals surface area contributed by atoms with Crippen LogP contribution in [0.2, 0.25) is 10.0 Å². The van der Waals surface area contributed by atoms with E-state index in [1.54, 1.807) is 13.8 Å². The first-order valence-corrected chi connectivity index (χ1v) is 42.5. The molecule has 7 heterocycles. The highest BCUT2D eigenvalue weighted by atomic mass is 35.5. The molecule has 0 spiro atoms. The fourth-order valence-electron chi connectivity index (χ4n) is 15.8. The maximum Gasteiger partial charge on any atom is 0.330 e. The Morgan fingerprint density at radius 2 is 1.26 bits per heavy atom. The number of aliphatic hydroxyl groups is 5. The van der Waals surface area contributed by atoms with Crippen molar-refractivity contribution in [2.75, 3.05) is 39.8 Å². The summed E-state index contributed by atoms with van der Waals surface area (Å²) in [5.41, 5.74) is 7.73. The monoisotopic (exact) mass is 1770 g/mol. The SMILES string of the molecule is CCCCCCCCCCNCCN[C@@]1(C)C[C@H](O[C@H]2[C@H](Oc3c4cc5cc3Oc3ccc(cc3Cl)[C@@H](O)[C@@H](NC(=O)[C@@H](CC(C)C)NC)C(=O)N[C@@H](CC(N)=O)C(=O)N[C@H]5C(=O)N[C@H]3C(=O)N[C@H](C(=O)N[C@H](C(=O)O)c5cc(O)c(CNCCCCCC(=O)O)c(O)c5-c5cc3ccc5O)[C@H](O)c3ccc(c(Cl)c3)O4)O[C@H](CN)[C@@H](O)[C@@H]2O)O[C@@H](C)[C@H]1O. The summed E-state index contributed by atoms with van der Waals surface area (Å²) in [5, 5.41) is 144. The predicted octanol–water partition coefficient (Wildman–Crippen LogP) is 4.17. The van der Waals surface area contributed by atoms with Crippen LogP contribution in [0, 0.1) is 5.92 Å². The number of carbonyl (C=O) groups is 9. The van der Waals surface area contributed by atoms with Crippen molar-refractivity contribution in [1.29, 1.82) is 0 Å². The van der Waals surface area contributed by atoms with Gasteiger partial charge in [-0.3, -0.25) is 38.4 Å². The van der Waals surface area contributed by atoms with Crippen LogP contribution in [-0.2, 0) is 63.9 Å². The molecule has 11 bridgehead atoms. The van der Waals surface area contributed by atoms with Crippen molar-refractivity contribution in [3.63, 3.8) is 0 Å². The number of nitrogens with one attached hydrogen (secondary N) is 10. The Hall–Kier alpha value is -9.81. The van der Waals surface area contributed by atoms with Gasteiger partial charge in [-0.25, -0.2) is 4.79 Å². The van der Waals surface area contributed by atoms with Gasteiger partial charge in [0.1, 0.15) is 89.5 Å². The molecule has 2 fully saturated rings. The number of fused-ring (bicyclic) bond motifs is 15. The number of phenols is 3. The Morgan fingerprint density at radius 3 is 1.87 bits per heavy atom. The number of nitrogens with two attached hydrogens (primary N) is 2. The van der Waals surface area contributed by atoms with Gasteiger partial charge in [0.25, 0.3) is 0 Å². The van der Waals surface area contributed by atoms with Crippen molar-refractivity contribution in [2.45, 2.75) is 247 Å². The lowest BCUT2D eigenvalue weighted by molar-refractivity contribution is -0.331. The van der Waals surface area contributed by atoms with Crippen LogP contribution in [0.1, 0.15) is 195 Å². The molecule has 39 heteroatoms. The number of hydrogen-bond donors (Lipinski definition) is 22. The Bertz CT molecular complexity index is 4650. The number of carbonyl (C=O) groups excluding carboxylic acids is 7. The molecular weight excluding hydrogens is 1660 g/mol. The molecule has 0 radical (unpaired) electrons. The molecule has 0 aromatic heterocycles. The minimum atomic E-state index is -2.37. The fraction of sp³-hybridized carbons (Fsp3) is 0.541. The Labute approximate surface area is 726 Å². The average Bonchev–Trinajstić information content (AvgIpc) is 0.761. The number of aliphatic carboxylic acids is 2. The van der Waals surface area contributed by atoms with E-state index in [0.29, 0.717) is 32.4 Å². The van der Waals surface area contributed by atoms with Gasteiger partial charge in [0.05, 0.1) is 40.3 Å². The van der Waals surface area contributed by atoms with E-state index < -0.39 is 237 Å². The number of carboxylic acids is 2. The number of primary amides is 1. The van der Waals surface area contributed by atoms with Gasteiger partial charge in [0.15, 0.2) is 29.9 Å². The highest BCUT2D eigenvalue weighted by Crippen LogP contribution is 2.51. The molecule has 0 saturated carbocycles. The van der Waals surface area contributed by atoms with Gasteiger partial charge < -0.3 is 144 Å². The van der Waals surface area contributed by atoms with Gasteiger partial charge in [0.2, 0.25) is 53.4 Å². The van der Waals surface area contributed by atoms with Gasteiger partial charge in [-0.05, 0) is 142 Å². The van der Waals surface area contributed by atoms with E-state index in [2.05, 4.69) is 60.1 Å². The van der Waals surface area contributed by atoms with E-state index in [-0.39, 0.29) is 77.0 Å². The number of likely N-dealkylation sites (N-methyl/N-ethyl adjacent to an activating group) is 1. The molecule has 2 saturated heterocycles. The number of unbranched alkanes of at least 4 members (excludes halogenated alkanes) is 9. The third kappa shape index (κ3) is 23.8. The third-order valence-electron chi connectivity index (χ3n) is 22.6. The van der Waals surface area contributed by atoms with Crippen molar-refractivity contribution in [1.82, 2.24) is 53.2 Å². The minimum absolute atomic E-state index is 0.0955. The standard InChI is InChI=1S/C85H114Cl2N12O25/c1-7-8-9-10-11-12-13-16-25-91-27-28-93-85(5)37-62(119-41(4)76(85)110)123-75-73(109)72(108)59(38-88)122-84(75)124-74-57-33-45-34-58(74)121-56-24-21-44(32-50(56)87)70(106)68-82(116)97-66(83(117)118)47-35-54(101)48(39-92-26-17-14-15-18-61(103)104)71(107)63(47)46-30-42(19-22-53(46)100)64(79(113)99-68)96-80(114)65(45)95-78(112)52(36-60(89)102)94-81(115)67(98-77(111)51(90-6)29-40(2)3)69(105)43-20-23-55(120-57)49(86)31-43/h19-24,30-35,40-41,51-52,59,62,64-70,72-73,75-76,84,90-93,100-101,105-110H,7-18,25-29,36-39,88H2,1-6H3,(H2,89,102)(H,94,115)(H,95,112)(H,96,114)(H,97,116)(H,98,111)(H,99,113)(H,103,104)(H,117,118)/t41-,51+,52-,59+,62-,64+,65+,66-,67+,68-,69+,70+,72+,73-,75+,76+,84-,85-/m0/s1. The summed E-state index contributed by atoms with van der Waals surface area (Å²) in [6, 6.07) is -1.33. The lowest BCUT2D eigenvalue weighted by Gasteiger charge is -2.48. The second-order valence-electron chi connectivity index (χ2n) is 32.5. The molecular formula is C85H114Cl2N12O25. The summed E-state index contributed by atoms with van der Waals surface area (Å²) in [6.07, 6.45) is -7.49. The molecule has 37 nitrogen and oxygen atoms in total. The van der Waals surface area contributed by atoms with Crippen LogP contribution in [0.3, 0.4) is 0 Å². The quantitative estimate of drug-likeness (QED) is 0.0257. The first-order chi connectivity index (χ1) is 59.0. The maximum atomic E-state index is 16.4. The number of phenolic OH excluding ortho intramolecular Hbond substituents is 3. The number of rotatable bonds is 34. The number of amides is 7. The predicted molar refractivity (Wildman–Crippen MR) is 448 cm³/mol. The van der Waals surface area contributed by atoms with Crippen molar-refractivity contribution < 1.29 is 123 Å². The normalized spacial score (nSPS) is 26.2. The second-order valence-corrected chi connectivity index (χ2v) is 33.3. The maximum absolute atomic E-state index is 16.4. The third-order valence-corrected chi connectivity index (χ3v) is 23.2. The van der Waals surface area contributed by atoms with Crippen molar-refractivity contribution in [3.05, 3.63) is 116 Å². The molecule has 678 valence electrons. The molecule has 0 unspecified atom stereocenters. The van der Waals surface area contributed by atoms with E-state index >= 15 is 24.0 Å². The Kier molecular flexibility index (Phi) is 34.1. The zero-order chi connectivity index (χ0) is 90.1. The Morgan fingerprint density at radius 1 is 0.653 bits per heavy atom. The van der Waals surface area contributed by atoms with Crippen LogP contribution >= 0.6 is 23.2 Å². The summed E-state index contributed by atoms with van der Waals surface area (Å²) < 4.78 is 39.9. The van der Waals surface area contributed by atoms with Crippen molar-refractivity contribution in [3.8, 4) is 57.1 Å². The summed E-state index contributed by atoms with van der Waals surface area (Å²) in [4.78, 5) is 131. The zero-order valence-corrected chi connectivity index (χ0v) is 71.2. The number of aliphatic hydroxyl groups excluding tert-OH is 5. The summed E-state index contributed by atoms with van der Waals surface area (Å²) in [6.45, 7) is 10.2. The molecule has 5 aromatic carbocycles. The van der Waals surface area contributed by atoms with Crippen LogP contribution in [0.5, 0.6) is 46.0 Å². The lowest BCUT2D eigenvalue weighted by Crippen LogP contribution is -2.66. The molecule has 7 amide bonds. The fourth-order valence-corrected chi connectivity index (χ4v) is 16.2. The molecule has 7 aliphatic heterocycles. The van der Waals surface area contributed by atoms with Crippen LogP contribution < -0.4 is 78.8 Å². The van der Waals surface area contributed by atoms with Gasteiger partial charge in [-0.1, -0.05) is 114 Å². The number of benzene rings is 5. The van der Waals surface area contributed by atoms with Gasteiger partial charge in [-0.15, -0.1) is 0 Å². The molecule has 12 rings (SSSR count). The molecule has 5 aromatic rings. The first-order valence-electron chi connectivity index (χ1n) is 41.7. The first kappa shape index (κ1) is 96.4. The lowest BCUT2D eigenvalue weighted by atomic mass is 9.85. The van der Waals surface area contributed by atoms with Gasteiger partial charge in [0, 0.05) is 61.2 Å². The van der Waals surface area contributed by atoms with E-state index in [9.17, 15) is 70.2 Å². The highest BCUT2D eigenvalue weighted by Gasteiger charge is 2.52. The number of ether oxygens (including phenoxy) is 6. The van der Waals surface area contributed by atoms with E-state index in [0.717, 1.165) is 80.4 Å². The molecule has 18 atom stereocenters. The molecule has 124 heavy (non-hydrogen) atoms. The van der Waals surface area contributed by atoms with E-state index in [4.69, 9.17) is 63.1 Å². The topological polar surface area (TPSA) is 584 Å². The van der Waals surface area contributed by atoms with Crippen LogP contribution in [0.25, 0.3) is 11.1 Å². The Balaban J connectivity index is 1.16. The van der Waals surface area contributed by atoms with Gasteiger partial charge >= 0.3 is 11.9 Å². The zero-order valence-electron chi connectivity index (χ0n) is 69.7. The minimum Gasteiger partial charge on any atom is -0.507 e. The second kappa shape index (κ2) is 43.9. The largest absolute Gasteiger partial charge is 0.507 e. The average molecular weight is 1770 g/mol. The number of halogens is 2. The highest BCUT2D eigenvalue weighted by molar-refractivity contribution is 6.32. The van der Waals surface area contributed by atoms with Crippen LogP contribution in [0.15, 0.2) is 72.8 Å². The molecule has 24 N–H and O–H groups in total. The van der Waals surface area contributed by atoms with Crippen molar-refractivity contribution in [2.24, 2.45) is 17.4 Å². The number of aromatic hydroxyl groups is 3. The van der Waals surface area contributed by atoms with Crippen LogP contribution in [-0.4, -0.2) is 223 Å². The van der Waals surface area contributed by atoms with E-state index in [1.807, 2.05) is 13.8 Å². The smallest absolute Gasteiger partial charge is 0.330 e. The molecule has 0 aliphatic carbocycles. The summed E-state index contributed by atoms with van der Waals surface area (Å²) in [7, 11) is 1.48. The number of hydrogen-bond acceptors (Lipinski definition) is 28. The summed E-state index contributed by atoms with van der Waals surface area (Å²) >= 11 is 14.4. The van der Waals surface area contributed by atoms with Crippen molar-refractivity contribution >= 4 is 76.5 Å². The van der Waals surface area contributed by atoms with E-state index in [1.165, 1.54) is 57.4 Å². The number of carboxylic acid groups (broad SMARTS) is 2.